The number of hydrogen-bond acceptors (Lipinski definition) is 3. The second-order valence-electron chi connectivity index (χ2n) is 8.78. The van der Waals surface area contributed by atoms with Gasteiger partial charge in [0.25, 0.3) is 5.91 Å². The van der Waals surface area contributed by atoms with E-state index in [0.29, 0.717) is 5.69 Å². The minimum Gasteiger partial charge on any atom is -0.326 e. The molecule has 27 heavy (non-hydrogen) atoms. The topological polar surface area (TPSA) is 57.7 Å². The number of nitrogens with zero attached hydrogens (tertiary/aromatic N) is 2. The van der Waals surface area contributed by atoms with Crippen molar-refractivity contribution in [3.8, 4) is 0 Å². The number of carbonyl (C=O) groups excluding carboxylic acids is 3. The van der Waals surface area contributed by atoms with Crippen molar-refractivity contribution in [1.82, 2.24) is 4.90 Å². The summed E-state index contributed by atoms with van der Waals surface area (Å²) in [6.07, 6.45) is 1.63. The van der Waals surface area contributed by atoms with E-state index in [-0.39, 0.29) is 47.4 Å². The molecule has 3 amide bonds. The summed E-state index contributed by atoms with van der Waals surface area (Å²) >= 11 is 0. The molecule has 5 nitrogen and oxygen atoms in total. The third-order valence-corrected chi connectivity index (χ3v) is 6.67. The van der Waals surface area contributed by atoms with Crippen molar-refractivity contribution in [1.29, 1.82) is 0 Å². The molecule has 0 spiro atoms. The van der Waals surface area contributed by atoms with E-state index in [1.807, 2.05) is 19.1 Å². The number of anilines is 1. The lowest BCUT2D eigenvalue weighted by molar-refractivity contribution is -0.139. The summed E-state index contributed by atoms with van der Waals surface area (Å²) in [4.78, 5) is 41.7. The lowest BCUT2D eigenvalue weighted by Crippen LogP contribution is -2.47. The molecule has 1 aliphatic heterocycles. The van der Waals surface area contributed by atoms with Gasteiger partial charge < -0.3 is 4.90 Å². The molecule has 5 heteroatoms. The van der Waals surface area contributed by atoms with Crippen molar-refractivity contribution < 1.29 is 14.4 Å². The van der Waals surface area contributed by atoms with Crippen LogP contribution in [0.3, 0.4) is 0 Å². The van der Waals surface area contributed by atoms with Crippen LogP contribution in [0.4, 0.5) is 5.69 Å². The molecule has 144 valence electrons. The molecule has 1 aromatic carbocycles. The van der Waals surface area contributed by atoms with Crippen molar-refractivity contribution in [2.75, 3.05) is 11.4 Å². The van der Waals surface area contributed by atoms with Crippen LogP contribution in [0.5, 0.6) is 0 Å². The van der Waals surface area contributed by atoms with Crippen LogP contribution in [0.25, 0.3) is 0 Å². The van der Waals surface area contributed by atoms with Gasteiger partial charge in [0, 0.05) is 12.5 Å². The second kappa shape index (κ2) is 6.32. The molecule has 1 atom stereocenters. The fraction of sp³-hybridized carbons (Fsp3) is 0.500. The first-order valence-corrected chi connectivity index (χ1v) is 9.39. The number of amides is 3. The maximum atomic E-state index is 13.2. The largest absolute Gasteiger partial charge is 0.326 e. The van der Waals surface area contributed by atoms with Gasteiger partial charge in [-0.1, -0.05) is 51.5 Å². The summed E-state index contributed by atoms with van der Waals surface area (Å²) in [5, 5.41) is 0. The van der Waals surface area contributed by atoms with Gasteiger partial charge in [0.05, 0.1) is 12.1 Å². The highest BCUT2D eigenvalue weighted by molar-refractivity contribution is 6.23. The van der Waals surface area contributed by atoms with Crippen LogP contribution in [0.2, 0.25) is 0 Å². The Kier molecular flexibility index (Phi) is 4.53. The lowest BCUT2D eigenvalue weighted by Gasteiger charge is -2.27. The Labute approximate surface area is 161 Å². The van der Waals surface area contributed by atoms with Crippen molar-refractivity contribution in [2.45, 2.75) is 47.1 Å². The van der Waals surface area contributed by atoms with Gasteiger partial charge >= 0.3 is 0 Å². The highest BCUT2D eigenvalue weighted by Crippen LogP contribution is 2.68. The van der Waals surface area contributed by atoms with Gasteiger partial charge in [-0.3, -0.25) is 14.4 Å². The third kappa shape index (κ3) is 2.89. The first kappa shape index (κ1) is 19.3. The average Bonchev–Trinajstić information content (AvgIpc) is 2.82. The van der Waals surface area contributed by atoms with Crippen LogP contribution in [-0.2, 0) is 14.4 Å². The Morgan fingerprint density at radius 1 is 1.19 bits per heavy atom. The van der Waals surface area contributed by atoms with Gasteiger partial charge in [0.15, 0.2) is 0 Å². The molecule has 2 fully saturated rings. The molecule has 1 unspecified atom stereocenters. The quantitative estimate of drug-likeness (QED) is 0.592. The first-order valence-electron chi connectivity index (χ1n) is 9.39. The Morgan fingerprint density at radius 2 is 1.74 bits per heavy atom. The van der Waals surface area contributed by atoms with E-state index in [4.69, 9.17) is 0 Å². The molecule has 3 rings (SSSR count). The zero-order valence-corrected chi connectivity index (χ0v) is 16.8. The number of carbonyl (C=O) groups is 3. The van der Waals surface area contributed by atoms with Crippen molar-refractivity contribution in [3.63, 3.8) is 0 Å². The van der Waals surface area contributed by atoms with Crippen molar-refractivity contribution in [3.05, 3.63) is 42.5 Å². The third-order valence-electron chi connectivity index (χ3n) is 6.67. The van der Waals surface area contributed by atoms with E-state index in [1.54, 1.807) is 23.1 Å². The number of imide groups is 1. The standard InChI is InChI=1S/C22H28N2O3/c1-7-12-23(20(27)18-21(3,4)22(18,5)6)16-13-17(25)24(19(16)26)15-10-8-14(2)9-11-15/h7-11,16,18H,1,12-13H2,2-6H3. The summed E-state index contributed by atoms with van der Waals surface area (Å²) in [6.45, 7) is 14.2. The van der Waals surface area contributed by atoms with E-state index in [9.17, 15) is 14.4 Å². The molecule has 0 N–H and O–H groups in total. The maximum absolute atomic E-state index is 13.2. The molecule has 0 aromatic heterocycles. The number of hydrogen-bond donors (Lipinski definition) is 0. The SMILES string of the molecule is C=CCN(C(=O)C1C(C)(C)C1(C)C)C1CC(=O)N(c2ccc(C)cc2)C1=O. The summed E-state index contributed by atoms with van der Waals surface area (Å²) in [6, 6.07) is 6.49. The molecule has 1 aromatic rings. The van der Waals surface area contributed by atoms with Crippen molar-refractivity contribution in [2.24, 2.45) is 16.7 Å². The molecule has 1 saturated heterocycles. The second-order valence-corrected chi connectivity index (χ2v) is 8.78. The number of rotatable bonds is 5. The van der Waals surface area contributed by atoms with Crippen LogP contribution in [0, 0.1) is 23.7 Å². The van der Waals surface area contributed by atoms with Gasteiger partial charge in [0.2, 0.25) is 11.8 Å². The lowest BCUT2D eigenvalue weighted by atomic mass is 10.0. The van der Waals surface area contributed by atoms with Gasteiger partial charge in [-0.05, 0) is 29.9 Å². The molecule has 1 heterocycles. The van der Waals surface area contributed by atoms with Crippen LogP contribution in [0.1, 0.15) is 39.7 Å². The zero-order chi connectivity index (χ0) is 20.1. The minimum atomic E-state index is -0.767. The van der Waals surface area contributed by atoms with Crippen molar-refractivity contribution >= 4 is 23.4 Å². The van der Waals surface area contributed by atoms with Crippen LogP contribution in [0.15, 0.2) is 36.9 Å². The van der Waals surface area contributed by atoms with E-state index in [0.717, 1.165) is 5.56 Å². The summed E-state index contributed by atoms with van der Waals surface area (Å²) < 4.78 is 0. The monoisotopic (exact) mass is 368 g/mol. The van der Waals surface area contributed by atoms with Crippen LogP contribution in [-0.4, -0.2) is 35.2 Å². The number of aryl methyl sites for hydroxylation is 1. The normalized spacial score (nSPS) is 23.4. The van der Waals surface area contributed by atoms with E-state index < -0.39 is 6.04 Å². The van der Waals surface area contributed by atoms with Crippen LogP contribution >= 0.6 is 0 Å². The maximum Gasteiger partial charge on any atom is 0.257 e. The molecule has 1 saturated carbocycles. The van der Waals surface area contributed by atoms with Crippen LogP contribution < -0.4 is 4.90 Å². The molecule has 2 aliphatic rings. The highest BCUT2D eigenvalue weighted by Gasteiger charge is 2.69. The molecule has 0 radical (unpaired) electrons. The molecule has 0 bridgehead atoms. The van der Waals surface area contributed by atoms with Gasteiger partial charge in [-0.2, -0.15) is 0 Å². The highest BCUT2D eigenvalue weighted by atomic mass is 16.2. The molecular formula is C22H28N2O3. The predicted octanol–water partition coefficient (Wildman–Crippen LogP) is 3.32. The Bertz CT molecular complexity index is 793. The van der Waals surface area contributed by atoms with E-state index in [2.05, 4.69) is 34.3 Å². The fourth-order valence-electron chi connectivity index (χ4n) is 4.31. The fourth-order valence-corrected chi connectivity index (χ4v) is 4.31. The molecular weight excluding hydrogens is 340 g/mol. The smallest absolute Gasteiger partial charge is 0.257 e. The summed E-state index contributed by atoms with van der Waals surface area (Å²) in [7, 11) is 0. The number of benzene rings is 1. The van der Waals surface area contributed by atoms with E-state index >= 15 is 0 Å². The first-order chi connectivity index (χ1) is 12.5. The average molecular weight is 368 g/mol. The zero-order valence-electron chi connectivity index (χ0n) is 16.8. The predicted molar refractivity (Wildman–Crippen MR) is 105 cm³/mol. The minimum absolute atomic E-state index is 0.0138. The summed E-state index contributed by atoms with van der Waals surface area (Å²) in [5.41, 5.74) is 1.34. The Morgan fingerprint density at radius 3 is 2.22 bits per heavy atom. The van der Waals surface area contributed by atoms with E-state index in [1.165, 1.54) is 4.90 Å². The van der Waals surface area contributed by atoms with Gasteiger partial charge in [-0.15, -0.1) is 6.58 Å². The Hall–Kier alpha value is -2.43. The molecule has 1 aliphatic carbocycles. The Balaban J connectivity index is 1.88. The van der Waals surface area contributed by atoms with Gasteiger partial charge in [0.1, 0.15) is 6.04 Å². The van der Waals surface area contributed by atoms with Gasteiger partial charge in [-0.25, -0.2) is 4.90 Å². The summed E-state index contributed by atoms with van der Waals surface area (Å²) in [5.74, 6) is -0.844.